The third-order valence-corrected chi connectivity index (χ3v) is 10.2. The molecule has 0 N–H and O–H groups in total. The van der Waals surface area contributed by atoms with E-state index in [4.69, 9.17) is 0 Å². The van der Waals surface area contributed by atoms with Crippen molar-refractivity contribution in [3.63, 3.8) is 0 Å². The smallest absolute Gasteiger partial charge is 0.171 e. The van der Waals surface area contributed by atoms with Gasteiger partial charge >= 0.3 is 93.0 Å². The molecule has 0 aliphatic carbocycles. The van der Waals surface area contributed by atoms with Gasteiger partial charge in [0.15, 0.2) is 0 Å². The Hall–Kier alpha value is -4.98. The molecule has 4 aromatic carbocycles. The zero-order valence-corrected chi connectivity index (χ0v) is 33.8. The van der Waals surface area contributed by atoms with Gasteiger partial charge in [-0.2, -0.15) is 180 Å². The summed E-state index contributed by atoms with van der Waals surface area (Å²) in [6, 6.07) is -18.1. The van der Waals surface area contributed by atoms with Gasteiger partial charge in [-0.15, -0.1) is 0 Å². The van der Waals surface area contributed by atoms with Gasteiger partial charge in [0, 0.05) is 44.5 Å². The third-order valence-electron chi connectivity index (χ3n) is 10.2. The Morgan fingerprint density at radius 2 is 0.270 bits per heavy atom. The zero-order chi connectivity index (χ0) is 57.4. The normalized spacial score (nSPS) is 14.6. The van der Waals surface area contributed by atoms with E-state index in [2.05, 4.69) is 0 Å². The van der Waals surface area contributed by atoms with E-state index in [1.165, 1.54) is 0 Å². The van der Waals surface area contributed by atoms with Crippen LogP contribution in [0.15, 0.2) is 48.5 Å². The molecule has 0 heterocycles. The van der Waals surface area contributed by atoms with Gasteiger partial charge in [-0.1, -0.05) is 0 Å². The Labute approximate surface area is 394 Å². The van der Waals surface area contributed by atoms with E-state index in [1.807, 2.05) is 0 Å². The monoisotopic (exact) mass is 1140 g/mol. The van der Waals surface area contributed by atoms with Crippen LogP contribution in [0.3, 0.4) is 0 Å². The molecule has 0 atom stereocenters. The molecule has 0 spiro atoms. The maximum Gasteiger partial charge on any atom is 1.00 e. The largest absolute Gasteiger partial charge is 1.00 e. The third kappa shape index (κ3) is 12.2. The van der Waals surface area contributed by atoms with Crippen LogP contribution in [-0.2, 0) is 74.1 Å². The molecule has 74 heavy (non-hydrogen) atoms. The molecule has 0 fully saturated rings. The summed E-state index contributed by atoms with van der Waals surface area (Å²) in [6.07, 6.45) is -101. The van der Waals surface area contributed by atoms with Gasteiger partial charge in [-0.3, -0.25) is 0 Å². The van der Waals surface area contributed by atoms with Crippen molar-refractivity contribution in [2.24, 2.45) is 0 Å². The van der Waals surface area contributed by atoms with Crippen LogP contribution in [0.25, 0.3) is 0 Å². The van der Waals surface area contributed by atoms with Crippen LogP contribution in [-0.4, -0.2) is 6.15 Å². The maximum absolute atomic E-state index is 15.4. The first-order chi connectivity index (χ1) is 31.8. The Morgan fingerprint density at radius 1 is 0.176 bits per heavy atom. The van der Waals surface area contributed by atoms with Crippen molar-refractivity contribution in [2.45, 2.75) is 74.1 Å². The van der Waals surface area contributed by atoms with Crippen molar-refractivity contribution in [1.29, 1.82) is 0 Å². The second-order valence-corrected chi connectivity index (χ2v) is 14.8. The van der Waals surface area contributed by atoms with Gasteiger partial charge < -0.3 is 0 Å². The van der Waals surface area contributed by atoms with Crippen molar-refractivity contribution < 1.29 is 177 Å². The van der Waals surface area contributed by atoms with Crippen LogP contribution in [0.2, 0.25) is 0 Å². The Morgan fingerprint density at radius 3 is 0.338 bits per heavy atom. The first-order valence-corrected chi connectivity index (χ1v) is 17.6. The van der Waals surface area contributed by atoms with Gasteiger partial charge in [0.25, 0.3) is 0 Å². The molecule has 0 nitrogen and oxygen atoms in total. The molecule has 0 aromatic heterocycles. The fourth-order valence-electron chi connectivity index (χ4n) is 7.88. The summed E-state index contributed by atoms with van der Waals surface area (Å²) in [5.74, 6) is 0. The van der Waals surface area contributed by atoms with Gasteiger partial charge in [0.1, 0.15) is 6.15 Å². The molecule has 0 radical (unpaired) electrons. The van der Waals surface area contributed by atoms with E-state index in [0.717, 1.165) is 0 Å². The second-order valence-electron chi connectivity index (χ2n) is 14.8. The van der Waals surface area contributed by atoms with Crippen LogP contribution in [0.4, 0.5) is 158 Å². The molecular weight excluding hydrogens is 1130 g/mol. The predicted octanol–water partition coefficient (Wildman–Crippen LogP) is 12.3. The van der Waals surface area contributed by atoms with Crippen LogP contribution in [0, 0.1) is 0 Å². The Kier molecular flexibility index (Phi) is 15.7. The Bertz CT molecular complexity index is 2230. The summed E-state index contributed by atoms with van der Waals surface area (Å²) in [4.78, 5) is 0. The van der Waals surface area contributed by atoms with Gasteiger partial charge in [0.2, 0.25) is 0 Å². The minimum absolute atomic E-state index is 0. The van der Waals surface area contributed by atoms with Gasteiger partial charge in [-0.25, -0.2) is 0 Å². The molecule has 0 amide bonds. The number of alkyl halides is 36. The van der Waals surface area contributed by atoms with Crippen LogP contribution >= 0.6 is 0 Å². The van der Waals surface area contributed by atoms with Crippen molar-refractivity contribution in [2.75, 3.05) is 0 Å². The average molecular weight is 1140 g/mol. The predicted molar refractivity (Wildman–Crippen MR) is 170 cm³/mol. The number of benzene rings is 4. The summed E-state index contributed by atoms with van der Waals surface area (Å²) in [5, 5.41) is 0. The summed E-state index contributed by atoms with van der Waals surface area (Å²) in [6.45, 7) is 0. The Balaban J connectivity index is 0.0000144. The number of hydrogen-bond donors (Lipinski definition) is 0. The molecule has 0 saturated heterocycles. The van der Waals surface area contributed by atoms with E-state index < -0.39 is 217 Å². The second kappa shape index (κ2) is 18.4. The van der Waals surface area contributed by atoms with E-state index in [0.29, 0.717) is 0 Å². The zero-order valence-electron chi connectivity index (χ0n) is 33.8. The standard InChI is InChI=1S/C36H8BF36.Li/c38-25(39,40)9-1-13(29(50,51)52)21(14(2-9)30(53,54)55)37(22-15(31(56,57)58)3-10(26(41,42)43)4-16(22)32(59,60)61,23-17(33(62,63)64)5-11(27(44,45)46)6-18(23)34(65,66)67)24-19(35(68,69)70)7-12(28(47,48)49)8-20(24)36(71,72)73;/h1-8H;/q-1;+1. The fourth-order valence-corrected chi connectivity index (χ4v) is 7.88. The minimum Gasteiger partial charge on any atom is -0.171 e. The quantitative estimate of drug-likeness (QED) is 0.141. The summed E-state index contributed by atoms with van der Waals surface area (Å²) in [7, 11) is 0. The summed E-state index contributed by atoms with van der Waals surface area (Å²) >= 11 is 0. The molecule has 4 aromatic rings. The first-order valence-electron chi connectivity index (χ1n) is 17.6. The van der Waals surface area contributed by atoms with E-state index in [9.17, 15) is 52.7 Å². The summed E-state index contributed by atoms with van der Waals surface area (Å²) < 4.78 is 540. The van der Waals surface area contributed by atoms with E-state index in [1.54, 1.807) is 0 Å². The number of hydrogen-bond acceptors (Lipinski definition) is 0. The average Bonchev–Trinajstić information content (AvgIpc) is 3.12. The molecule has 38 heteroatoms. The molecule has 0 aliphatic rings. The molecule has 4 rings (SSSR count). The first kappa shape index (κ1) is 63.3. The van der Waals surface area contributed by atoms with Crippen LogP contribution in [0.1, 0.15) is 66.8 Å². The SMILES string of the molecule is FC(F)(F)c1cc(C(F)(F)F)c([B-](c2c(C(F)(F)F)cc(C(F)(F)F)cc2C(F)(F)F)(c2c(C(F)(F)F)cc(C(F)(F)F)cc2C(F)(F)F)c2c(C(F)(F)F)cc(C(F)(F)F)cc2C(F)(F)F)c(C(F)(F)F)c1.[Li+]. The van der Waals surface area contributed by atoms with Crippen molar-refractivity contribution in [1.82, 2.24) is 0 Å². The van der Waals surface area contributed by atoms with Crippen molar-refractivity contribution in [3.05, 3.63) is 115 Å². The number of halogens is 36. The van der Waals surface area contributed by atoms with Crippen LogP contribution < -0.4 is 40.7 Å². The minimum atomic E-state index is -9.45. The van der Waals surface area contributed by atoms with Crippen molar-refractivity contribution >= 4 is 28.0 Å². The van der Waals surface area contributed by atoms with Crippen LogP contribution in [0.5, 0.6) is 0 Å². The molecule has 0 aliphatic heterocycles. The maximum atomic E-state index is 15.4. The summed E-state index contributed by atoms with van der Waals surface area (Å²) in [5.41, 5.74) is -74.1. The number of rotatable bonds is 4. The molecule has 0 unspecified atom stereocenters. The van der Waals surface area contributed by atoms with Gasteiger partial charge in [-0.05, 0) is 48.5 Å². The molecule has 0 saturated carbocycles. The van der Waals surface area contributed by atoms with E-state index in [-0.39, 0.29) is 18.9 Å². The topological polar surface area (TPSA) is 0 Å². The van der Waals surface area contributed by atoms with Crippen molar-refractivity contribution in [3.8, 4) is 0 Å². The van der Waals surface area contributed by atoms with Gasteiger partial charge in [0.05, 0.1) is 22.3 Å². The molecular formula is C36H8BF36Li. The molecule has 408 valence electrons. The van der Waals surface area contributed by atoms with E-state index >= 15 is 105 Å². The molecule has 0 bridgehead atoms. The fraction of sp³-hybridized carbons (Fsp3) is 0.333.